The van der Waals surface area contributed by atoms with Gasteiger partial charge in [-0.2, -0.15) is 5.32 Å². The lowest BCUT2D eigenvalue weighted by Gasteiger charge is -2.14. The molecule has 2 heterocycles. The quantitative estimate of drug-likeness (QED) is 0.889. The van der Waals surface area contributed by atoms with Crippen LogP contribution >= 0.6 is 0 Å². The Labute approximate surface area is 141 Å². The second kappa shape index (κ2) is 6.53. The minimum Gasteiger partial charge on any atom is -0.491 e. The zero-order chi connectivity index (χ0) is 16.4. The number of anilines is 1. The SMILES string of the molecule is O=C1[N]c2c(cc(Cc3ccccc3)cc2OCC2CCNC2)N1. The van der Waals surface area contributed by atoms with Crippen molar-refractivity contribution in [3.05, 3.63) is 53.6 Å². The number of hydrogen-bond acceptors (Lipinski definition) is 3. The van der Waals surface area contributed by atoms with Crippen LogP contribution in [0.4, 0.5) is 16.2 Å². The number of hydrogen-bond donors (Lipinski definition) is 2. The Morgan fingerprint density at radius 2 is 2.04 bits per heavy atom. The minimum atomic E-state index is -0.325. The van der Waals surface area contributed by atoms with Gasteiger partial charge in [-0.05, 0) is 42.6 Å². The van der Waals surface area contributed by atoms with E-state index in [2.05, 4.69) is 28.1 Å². The molecule has 1 saturated heterocycles. The molecule has 123 valence electrons. The summed E-state index contributed by atoms with van der Waals surface area (Å²) < 4.78 is 6.03. The molecule has 1 unspecified atom stereocenters. The first-order valence-electron chi connectivity index (χ1n) is 8.35. The van der Waals surface area contributed by atoms with E-state index in [1.54, 1.807) is 0 Å². The number of nitrogens with zero attached hydrogens (tertiary/aromatic N) is 1. The Morgan fingerprint density at radius 1 is 1.17 bits per heavy atom. The Kier molecular flexibility index (Phi) is 4.09. The molecule has 2 aromatic rings. The summed E-state index contributed by atoms with van der Waals surface area (Å²) in [5.41, 5.74) is 3.71. The van der Waals surface area contributed by atoms with E-state index in [1.807, 2.05) is 30.3 Å². The third-order valence-corrected chi connectivity index (χ3v) is 4.48. The van der Waals surface area contributed by atoms with Crippen molar-refractivity contribution in [3.63, 3.8) is 0 Å². The number of ether oxygens (including phenoxy) is 1. The van der Waals surface area contributed by atoms with Gasteiger partial charge in [-0.25, -0.2) is 4.79 Å². The van der Waals surface area contributed by atoms with Crippen LogP contribution in [0.5, 0.6) is 5.75 Å². The molecule has 2 N–H and O–H groups in total. The van der Waals surface area contributed by atoms with Crippen molar-refractivity contribution in [3.8, 4) is 5.75 Å². The normalized spacial score (nSPS) is 18.8. The van der Waals surface area contributed by atoms with Crippen LogP contribution in [-0.4, -0.2) is 25.7 Å². The molecule has 0 saturated carbocycles. The maximum atomic E-state index is 11.6. The molecule has 0 spiro atoms. The molecule has 5 nitrogen and oxygen atoms in total. The molecule has 1 radical (unpaired) electrons. The second-order valence-electron chi connectivity index (χ2n) is 6.36. The molecule has 0 aromatic heterocycles. The van der Waals surface area contributed by atoms with Gasteiger partial charge in [-0.3, -0.25) is 0 Å². The molecule has 5 heteroatoms. The number of carbonyl (C=O) groups is 1. The van der Waals surface area contributed by atoms with E-state index < -0.39 is 0 Å². The zero-order valence-electron chi connectivity index (χ0n) is 13.4. The van der Waals surface area contributed by atoms with Crippen molar-refractivity contribution in [2.24, 2.45) is 5.92 Å². The zero-order valence-corrected chi connectivity index (χ0v) is 13.4. The van der Waals surface area contributed by atoms with Crippen molar-refractivity contribution in [2.45, 2.75) is 12.8 Å². The summed E-state index contributed by atoms with van der Waals surface area (Å²) in [4.78, 5) is 11.6. The molecular formula is C19H20N3O2. The average Bonchev–Trinajstić information content (AvgIpc) is 3.22. The molecule has 2 aromatic carbocycles. The van der Waals surface area contributed by atoms with Crippen LogP contribution in [0, 0.1) is 5.92 Å². The van der Waals surface area contributed by atoms with Gasteiger partial charge in [-0.1, -0.05) is 30.3 Å². The summed E-state index contributed by atoms with van der Waals surface area (Å²) in [6.45, 7) is 2.68. The van der Waals surface area contributed by atoms with Crippen LogP contribution in [0.2, 0.25) is 0 Å². The van der Waals surface area contributed by atoms with Crippen molar-refractivity contribution in [1.29, 1.82) is 0 Å². The highest BCUT2D eigenvalue weighted by atomic mass is 16.5. The summed E-state index contributed by atoms with van der Waals surface area (Å²) in [5, 5.41) is 10.2. The van der Waals surface area contributed by atoms with Crippen LogP contribution in [0.15, 0.2) is 42.5 Å². The van der Waals surface area contributed by atoms with Crippen molar-refractivity contribution < 1.29 is 9.53 Å². The number of benzene rings is 2. The monoisotopic (exact) mass is 322 g/mol. The Bertz CT molecular complexity index is 740. The number of rotatable bonds is 5. The van der Waals surface area contributed by atoms with Gasteiger partial charge in [0.25, 0.3) is 0 Å². The number of urea groups is 1. The van der Waals surface area contributed by atoms with Gasteiger partial charge in [0.15, 0.2) is 0 Å². The Balaban J connectivity index is 1.57. The number of carbonyl (C=O) groups excluding carboxylic acids is 1. The number of amides is 2. The second-order valence-corrected chi connectivity index (χ2v) is 6.36. The summed E-state index contributed by atoms with van der Waals surface area (Å²) in [6.07, 6.45) is 1.92. The van der Waals surface area contributed by atoms with Gasteiger partial charge in [0, 0.05) is 12.5 Å². The average molecular weight is 322 g/mol. The first-order valence-corrected chi connectivity index (χ1v) is 8.35. The fourth-order valence-electron chi connectivity index (χ4n) is 3.23. The first kappa shape index (κ1) is 15.0. The first-order chi connectivity index (χ1) is 11.8. The van der Waals surface area contributed by atoms with Gasteiger partial charge < -0.3 is 15.4 Å². The van der Waals surface area contributed by atoms with E-state index in [-0.39, 0.29) is 6.03 Å². The minimum absolute atomic E-state index is 0.325. The topological polar surface area (TPSA) is 64.5 Å². The molecule has 4 rings (SSSR count). The lowest BCUT2D eigenvalue weighted by atomic mass is 10.0. The van der Waals surface area contributed by atoms with Crippen LogP contribution < -0.4 is 20.7 Å². The molecule has 2 aliphatic heterocycles. The summed E-state index contributed by atoms with van der Waals surface area (Å²) in [7, 11) is 0. The highest BCUT2D eigenvalue weighted by Crippen LogP contribution is 2.39. The van der Waals surface area contributed by atoms with Gasteiger partial charge in [0.1, 0.15) is 11.4 Å². The maximum Gasteiger partial charge on any atom is 0.346 e. The highest BCUT2D eigenvalue weighted by Gasteiger charge is 2.25. The standard InChI is InChI=1S/C19H20N3O2/c23-19-21-16-9-15(8-13-4-2-1-3-5-13)10-17(18(16)22-19)24-12-14-6-7-20-11-14/h1-5,9-10,14,20H,6-8,11-12H2,(H,21,23). The molecule has 0 bridgehead atoms. The molecule has 2 aliphatic rings. The highest BCUT2D eigenvalue weighted by molar-refractivity contribution is 6.04. The molecule has 24 heavy (non-hydrogen) atoms. The van der Waals surface area contributed by atoms with Crippen LogP contribution in [0.3, 0.4) is 0 Å². The largest absolute Gasteiger partial charge is 0.491 e. The van der Waals surface area contributed by atoms with Crippen LogP contribution in [-0.2, 0) is 6.42 Å². The molecule has 2 amide bonds. The predicted octanol–water partition coefficient (Wildman–Crippen LogP) is 3.05. The van der Waals surface area contributed by atoms with E-state index in [1.165, 1.54) is 5.56 Å². The molecule has 1 fully saturated rings. The third-order valence-electron chi connectivity index (χ3n) is 4.48. The van der Waals surface area contributed by atoms with E-state index in [9.17, 15) is 4.79 Å². The summed E-state index contributed by atoms with van der Waals surface area (Å²) in [5.74, 6) is 1.21. The Morgan fingerprint density at radius 3 is 2.83 bits per heavy atom. The van der Waals surface area contributed by atoms with Crippen molar-refractivity contribution >= 4 is 17.4 Å². The van der Waals surface area contributed by atoms with E-state index in [4.69, 9.17) is 4.74 Å². The van der Waals surface area contributed by atoms with Crippen LogP contribution in [0.1, 0.15) is 17.5 Å². The van der Waals surface area contributed by atoms with Gasteiger partial charge in [0.2, 0.25) is 0 Å². The van der Waals surface area contributed by atoms with Gasteiger partial charge in [-0.15, -0.1) is 0 Å². The smallest absolute Gasteiger partial charge is 0.346 e. The molecular weight excluding hydrogens is 302 g/mol. The maximum absolute atomic E-state index is 11.6. The van der Waals surface area contributed by atoms with Gasteiger partial charge in [0.05, 0.1) is 12.3 Å². The van der Waals surface area contributed by atoms with Crippen molar-refractivity contribution in [2.75, 3.05) is 25.0 Å². The van der Waals surface area contributed by atoms with E-state index in [0.717, 1.165) is 37.2 Å². The Hall–Kier alpha value is -2.53. The molecule has 0 aliphatic carbocycles. The van der Waals surface area contributed by atoms with E-state index in [0.29, 0.717) is 24.0 Å². The number of nitrogens with one attached hydrogen (secondary N) is 2. The number of fused-ring (bicyclic) bond motifs is 1. The molecule has 1 atom stereocenters. The third kappa shape index (κ3) is 3.21. The fraction of sp³-hybridized carbons (Fsp3) is 0.316. The summed E-state index contributed by atoms with van der Waals surface area (Å²) >= 11 is 0. The van der Waals surface area contributed by atoms with Crippen LogP contribution in [0.25, 0.3) is 0 Å². The summed E-state index contributed by atoms with van der Waals surface area (Å²) in [6, 6.07) is 13.9. The van der Waals surface area contributed by atoms with E-state index >= 15 is 0 Å². The lowest BCUT2D eigenvalue weighted by Crippen LogP contribution is -2.16. The lowest BCUT2D eigenvalue weighted by molar-refractivity contribution is 0.252. The van der Waals surface area contributed by atoms with Gasteiger partial charge >= 0.3 is 6.03 Å². The predicted molar refractivity (Wildman–Crippen MR) is 93.0 cm³/mol. The van der Waals surface area contributed by atoms with Crippen molar-refractivity contribution in [1.82, 2.24) is 10.6 Å². The fourth-order valence-corrected chi connectivity index (χ4v) is 3.23.